The Labute approximate surface area is 91.9 Å². The largest absolute Gasteiger partial charge is 0.265 e. The molecule has 3 heteroatoms. The number of thiophene rings is 1. The van der Waals surface area contributed by atoms with Crippen LogP contribution in [0.1, 0.15) is 11.0 Å². The van der Waals surface area contributed by atoms with Crippen molar-refractivity contribution >= 4 is 11.3 Å². The van der Waals surface area contributed by atoms with Crippen molar-refractivity contribution in [3.8, 4) is 11.1 Å². The van der Waals surface area contributed by atoms with Gasteiger partial charge in [0.2, 0.25) is 0 Å². The average Bonchev–Trinajstić information content (AvgIpc) is 2.78. The smallest absolute Gasteiger partial charge is 0.152 e. The molecular formula is C12H10FNS. The van der Waals surface area contributed by atoms with E-state index in [2.05, 4.69) is 11.6 Å². The third-order valence-electron chi connectivity index (χ3n) is 2.11. The molecule has 0 saturated heterocycles. The third kappa shape index (κ3) is 2.13. The summed E-state index contributed by atoms with van der Waals surface area (Å²) in [5.74, 6) is 0. The molecule has 76 valence electrons. The fourth-order valence-corrected chi connectivity index (χ4v) is 2.20. The molecule has 0 aliphatic rings. The Morgan fingerprint density at radius 1 is 1.33 bits per heavy atom. The van der Waals surface area contributed by atoms with E-state index >= 15 is 0 Å². The van der Waals surface area contributed by atoms with Crippen LogP contribution in [-0.2, 0) is 0 Å². The lowest BCUT2D eigenvalue weighted by Gasteiger charge is -1.96. The first-order chi connectivity index (χ1) is 7.31. The van der Waals surface area contributed by atoms with Crippen molar-refractivity contribution in [3.63, 3.8) is 0 Å². The quantitative estimate of drug-likeness (QED) is 0.711. The molecule has 2 aromatic heterocycles. The maximum atomic E-state index is 13.3. The molecule has 15 heavy (non-hydrogen) atoms. The highest BCUT2D eigenvalue weighted by Crippen LogP contribution is 2.30. The zero-order chi connectivity index (χ0) is 10.7. The zero-order valence-corrected chi connectivity index (χ0v) is 8.88. The second-order valence-corrected chi connectivity index (χ2v) is 4.05. The van der Waals surface area contributed by atoms with Gasteiger partial charge >= 0.3 is 0 Å². The van der Waals surface area contributed by atoms with Crippen LogP contribution in [0.4, 0.5) is 4.39 Å². The first-order valence-electron chi connectivity index (χ1n) is 4.56. The van der Waals surface area contributed by atoms with Gasteiger partial charge in [-0.05, 0) is 34.7 Å². The van der Waals surface area contributed by atoms with Crippen LogP contribution in [0, 0.1) is 0 Å². The van der Waals surface area contributed by atoms with Crippen molar-refractivity contribution < 1.29 is 4.39 Å². The number of hydrogen-bond donors (Lipinski definition) is 0. The predicted octanol–water partition coefficient (Wildman–Crippen LogP) is 4.01. The van der Waals surface area contributed by atoms with Gasteiger partial charge in [-0.2, -0.15) is 0 Å². The molecule has 1 nitrogen and oxygen atoms in total. The second-order valence-electron chi connectivity index (χ2n) is 3.11. The van der Waals surface area contributed by atoms with Crippen LogP contribution in [-0.4, -0.2) is 4.98 Å². The highest BCUT2D eigenvalue weighted by atomic mass is 32.1. The summed E-state index contributed by atoms with van der Waals surface area (Å²) in [5, 5.41) is 1.95. The molecule has 1 unspecified atom stereocenters. The van der Waals surface area contributed by atoms with E-state index in [9.17, 15) is 4.39 Å². The molecule has 2 aromatic rings. The van der Waals surface area contributed by atoms with Gasteiger partial charge in [-0.1, -0.05) is 12.7 Å². The first kappa shape index (κ1) is 10.1. The molecule has 0 N–H and O–H groups in total. The Hall–Kier alpha value is -1.48. The summed E-state index contributed by atoms with van der Waals surface area (Å²) in [6, 6.07) is 5.67. The summed E-state index contributed by atoms with van der Waals surface area (Å²) in [4.78, 5) is 4.63. The van der Waals surface area contributed by atoms with Crippen LogP contribution in [0.25, 0.3) is 11.1 Å². The van der Waals surface area contributed by atoms with Crippen LogP contribution in [0.2, 0.25) is 0 Å². The lowest BCUT2D eigenvalue weighted by Crippen LogP contribution is -1.79. The summed E-state index contributed by atoms with van der Waals surface area (Å²) in [7, 11) is 0. The van der Waals surface area contributed by atoms with Crippen molar-refractivity contribution in [1.82, 2.24) is 4.98 Å². The van der Waals surface area contributed by atoms with Crippen molar-refractivity contribution in [2.24, 2.45) is 0 Å². The summed E-state index contributed by atoms with van der Waals surface area (Å²) in [6.45, 7) is 3.44. The van der Waals surface area contributed by atoms with E-state index in [-0.39, 0.29) is 0 Å². The van der Waals surface area contributed by atoms with Gasteiger partial charge in [0.25, 0.3) is 0 Å². The number of allylic oxidation sites excluding steroid dienone is 1. The van der Waals surface area contributed by atoms with Gasteiger partial charge in [-0.25, -0.2) is 4.39 Å². The Morgan fingerprint density at radius 3 is 2.73 bits per heavy atom. The molecule has 0 spiro atoms. The van der Waals surface area contributed by atoms with Gasteiger partial charge < -0.3 is 0 Å². The second kappa shape index (κ2) is 4.36. The number of aromatic nitrogens is 1. The molecular weight excluding hydrogens is 209 g/mol. The van der Waals surface area contributed by atoms with E-state index < -0.39 is 6.17 Å². The van der Waals surface area contributed by atoms with E-state index in [1.54, 1.807) is 12.4 Å². The van der Waals surface area contributed by atoms with E-state index in [1.165, 1.54) is 17.4 Å². The maximum absolute atomic E-state index is 13.3. The molecule has 1 atom stereocenters. The molecule has 0 aliphatic carbocycles. The van der Waals surface area contributed by atoms with Crippen molar-refractivity contribution in [2.45, 2.75) is 6.17 Å². The van der Waals surface area contributed by atoms with Crippen LogP contribution < -0.4 is 0 Å². The summed E-state index contributed by atoms with van der Waals surface area (Å²) in [5.41, 5.74) is 2.09. The van der Waals surface area contributed by atoms with Gasteiger partial charge in [0.15, 0.2) is 6.17 Å². The lowest BCUT2D eigenvalue weighted by molar-refractivity contribution is 0.421. The molecule has 2 rings (SSSR count). The first-order valence-corrected chi connectivity index (χ1v) is 5.44. The molecule has 0 aromatic carbocycles. The molecule has 0 fully saturated rings. The molecule has 2 heterocycles. The standard InChI is InChI=1S/C12H10FNS/c1-2-11(13)12-7-10(8-15-12)9-3-5-14-6-4-9/h2-8,11H,1H2. The Bertz CT molecular complexity index is 450. The van der Waals surface area contributed by atoms with E-state index in [0.717, 1.165) is 11.1 Å². The SMILES string of the molecule is C=CC(F)c1cc(-c2ccncc2)cs1. The summed E-state index contributed by atoms with van der Waals surface area (Å²) >= 11 is 1.41. The Kier molecular flexibility index (Phi) is 2.92. The van der Waals surface area contributed by atoms with Gasteiger partial charge in [0.05, 0.1) is 0 Å². The van der Waals surface area contributed by atoms with Gasteiger partial charge in [-0.3, -0.25) is 4.98 Å². The van der Waals surface area contributed by atoms with E-state index in [1.807, 2.05) is 23.6 Å². The minimum Gasteiger partial charge on any atom is -0.265 e. The Balaban J connectivity index is 2.32. The fraction of sp³-hybridized carbons (Fsp3) is 0.0833. The van der Waals surface area contributed by atoms with Crippen LogP contribution in [0.3, 0.4) is 0 Å². The number of alkyl halides is 1. The van der Waals surface area contributed by atoms with Gasteiger partial charge in [-0.15, -0.1) is 11.3 Å². The van der Waals surface area contributed by atoms with Crippen LogP contribution in [0.5, 0.6) is 0 Å². The number of pyridine rings is 1. The monoisotopic (exact) mass is 219 g/mol. The fourth-order valence-electron chi connectivity index (χ4n) is 1.31. The number of halogens is 1. The van der Waals surface area contributed by atoms with E-state index in [4.69, 9.17) is 0 Å². The molecule has 0 radical (unpaired) electrons. The van der Waals surface area contributed by atoms with Crippen LogP contribution >= 0.6 is 11.3 Å². The minimum atomic E-state index is -1.06. The summed E-state index contributed by atoms with van der Waals surface area (Å²) in [6.07, 6.45) is 3.70. The molecule has 0 bridgehead atoms. The Morgan fingerprint density at radius 2 is 2.07 bits per heavy atom. The molecule has 0 aliphatic heterocycles. The van der Waals surface area contributed by atoms with Gasteiger partial charge in [0, 0.05) is 17.3 Å². The highest BCUT2D eigenvalue weighted by molar-refractivity contribution is 7.10. The third-order valence-corrected chi connectivity index (χ3v) is 3.10. The highest BCUT2D eigenvalue weighted by Gasteiger charge is 2.08. The molecule has 0 saturated carbocycles. The lowest BCUT2D eigenvalue weighted by atomic mass is 10.1. The van der Waals surface area contributed by atoms with Crippen LogP contribution in [0.15, 0.2) is 48.6 Å². The normalized spacial score (nSPS) is 12.3. The number of rotatable bonds is 3. The molecule has 0 amide bonds. The number of nitrogens with zero attached hydrogens (tertiary/aromatic N) is 1. The van der Waals surface area contributed by atoms with Crippen molar-refractivity contribution in [3.05, 3.63) is 53.5 Å². The number of hydrogen-bond acceptors (Lipinski definition) is 2. The summed E-state index contributed by atoms with van der Waals surface area (Å²) < 4.78 is 13.3. The van der Waals surface area contributed by atoms with E-state index in [0.29, 0.717) is 4.88 Å². The van der Waals surface area contributed by atoms with Crippen molar-refractivity contribution in [1.29, 1.82) is 0 Å². The van der Waals surface area contributed by atoms with Crippen molar-refractivity contribution in [2.75, 3.05) is 0 Å². The maximum Gasteiger partial charge on any atom is 0.152 e. The predicted molar refractivity (Wildman–Crippen MR) is 61.6 cm³/mol. The zero-order valence-electron chi connectivity index (χ0n) is 8.06. The minimum absolute atomic E-state index is 0.691. The van der Waals surface area contributed by atoms with Gasteiger partial charge in [0.1, 0.15) is 0 Å². The topological polar surface area (TPSA) is 12.9 Å². The average molecular weight is 219 g/mol.